The molecule has 2 rings (SSSR count). The van der Waals surface area contributed by atoms with Crippen molar-refractivity contribution in [2.75, 3.05) is 4.90 Å². The fraction of sp³-hybridized carbons (Fsp3) is 0.200. The largest absolute Gasteiger partial charge is 0.500 e. The zero-order valence-electron chi connectivity index (χ0n) is 10.5. The first-order chi connectivity index (χ1) is 10.2. The zero-order chi connectivity index (χ0) is 16.8. The first kappa shape index (κ1) is 15.0. The maximum atomic E-state index is 11.6. The average Bonchev–Trinajstić information content (AvgIpc) is 2.69. The van der Waals surface area contributed by atoms with Crippen LogP contribution in [0.4, 0.5) is 17.1 Å². The summed E-state index contributed by atoms with van der Waals surface area (Å²) in [6.45, 7) is 0. The lowest BCUT2D eigenvalue weighted by atomic mass is 10.1. The van der Waals surface area contributed by atoms with Crippen LogP contribution < -0.4 is 4.90 Å². The van der Waals surface area contributed by atoms with Crippen molar-refractivity contribution < 1.29 is 34.8 Å². The van der Waals surface area contributed by atoms with Crippen LogP contribution in [0.3, 0.4) is 0 Å². The molecule has 0 radical (unpaired) electrons. The number of amides is 2. The number of nitrogens with zero attached hydrogens (tertiary/aromatic N) is 3. The van der Waals surface area contributed by atoms with Gasteiger partial charge in [-0.2, -0.15) is 0 Å². The summed E-state index contributed by atoms with van der Waals surface area (Å²) in [7, 11) is 0. The highest BCUT2D eigenvalue weighted by atomic mass is 16.6. The highest BCUT2D eigenvalue weighted by Gasteiger charge is 2.44. The Morgan fingerprint density at radius 1 is 0.818 bits per heavy atom. The molecule has 116 valence electrons. The van der Waals surface area contributed by atoms with Gasteiger partial charge in [0.15, 0.2) is 5.69 Å². The maximum Gasteiger partial charge on any atom is 0.361 e. The number of carbonyl (C=O) groups is 2. The van der Waals surface area contributed by atoms with E-state index in [1.807, 2.05) is 0 Å². The van der Waals surface area contributed by atoms with Gasteiger partial charge in [-0.3, -0.25) is 29.8 Å². The minimum absolute atomic E-state index is 0.212. The molecule has 3 N–H and O–H groups in total. The third kappa shape index (κ3) is 1.93. The molecule has 22 heavy (non-hydrogen) atoms. The van der Waals surface area contributed by atoms with Gasteiger partial charge in [-0.25, -0.2) is 4.90 Å². The standard InChI is InChI=1S/C10H7N3O9/c14-3-1-2-4(15)11(3)5-8(16)6(12(19)20)10(18)7(9(5)17)13(21)22/h16-18H,1-2H2. The van der Waals surface area contributed by atoms with E-state index in [2.05, 4.69) is 0 Å². The molecule has 1 saturated heterocycles. The van der Waals surface area contributed by atoms with Gasteiger partial charge in [-0.15, -0.1) is 0 Å². The van der Waals surface area contributed by atoms with Crippen molar-refractivity contribution in [3.8, 4) is 17.2 Å². The van der Waals surface area contributed by atoms with E-state index in [4.69, 9.17) is 0 Å². The molecule has 1 heterocycles. The van der Waals surface area contributed by atoms with Crippen molar-refractivity contribution in [2.24, 2.45) is 0 Å². The van der Waals surface area contributed by atoms with E-state index in [1.165, 1.54) is 0 Å². The maximum absolute atomic E-state index is 11.6. The lowest BCUT2D eigenvalue weighted by molar-refractivity contribution is -0.397. The Kier molecular flexibility index (Phi) is 3.29. The number of benzene rings is 1. The fourth-order valence-electron chi connectivity index (χ4n) is 2.06. The third-order valence-electron chi connectivity index (χ3n) is 2.99. The molecular weight excluding hydrogens is 306 g/mol. The molecule has 1 aliphatic heterocycles. The number of nitro benzene ring substituents is 2. The van der Waals surface area contributed by atoms with Crippen LogP contribution in [-0.2, 0) is 9.59 Å². The van der Waals surface area contributed by atoms with Gasteiger partial charge in [-0.1, -0.05) is 0 Å². The Labute approximate surface area is 120 Å². The molecule has 12 nitrogen and oxygen atoms in total. The van der Waals surface area contributed by atoms with E-state index < -0.39 is 56.0 Å². The SMILES string of the molecule is O=C1CCC(=O)N1c1c(O)c([N+](=O)[O-])c(O)c([N+](=O)[O-])c1O. The highest BCUT2D eigenvalue weighted by Crippen LogP contribution is 2.55. The quantitative estimate of drug-likeness (QED) is 0.400. The molecule has 0 aromatic heterocycles. The topological polar surface area (TPSA) is 184 Å². The van der Waals surface area contributed by atoms with E-state index in [0.29, 0.717) is 0 Å². The first-order valence-corrected chi connectivity index (χ1v) is 5.63. The molecule has 0 bridgehead atoms. The zero-order valence-corrected chi connectivity index (χ0v) is 10.5. The van der Waals surface area contributed by atoms with Gasteiger partial charge in [-0.05, 0) is 0 Å². The molecule has 0 saturated carbocycles. The van der Waals surface area contributed by atoms with E-state index in [9.17, 15) is 45.1 Å². The Bertz CT molecular complexity index is 685. The number of phenols is 3. The number of anilines is 1. The molecule has 12 heteroatoms. The minimum atomic E-state index is -1.59. The van der Waals surface area contributed by atoms with Gasteiger partial charge >= 0.3 is 11.4 Å². The van der Waals surface area contributed by atoms with Crippen LogP contribution in [0.25, 0.3) is 0 Å². The first-order valence-electron chi connectivity index (χ1n) is 5.63. The molecule has 0 aliphatic carbocycles. The number of aromatic hydroxyl groups is 3. The molecule has 1 aliphatic rings. The second-order valence-electron chi connectivity index (χ2n) is 4.23. The monoisotopic (exact) mass is 313 g/mol. The lowest BCUT2D eigenvalue weighted by Gasteiger charge is -2.17. The summed E-state index contributed by atoms with van der Waals surface area (Å²) >= 11 is 0. The number of nitro groups is 2. The molecule has 0 atom stereocenters. The number of hydrogen-bond donors (Lipinski definition) is 3. The van der Waals surface area contributed by atoms with Gasteiger partial charge < -0.3 is 15.3 Å². The number of hydrogen-bond acceptors (Lipinski definition) is 9. The van der Waals surface area contributed by atoms with Gasteiger partial charge in [0.05, 0.1) is 9.85 Å². The molecule has 0 unspecified atom stereocenters. The average molecular weight is 313 g/mol. The highest BCUT2D eigenvalue weighted by molar-refractivity contribution is 6.22. The predicted molar refractivity (Wildman–Crippen MR) is 66.5 cm³/mol. The van der Waals surface area contributed by atoms with Gasteiger partial charge in [0.25, 0.3) is 5.75 Å². The van der Waals surface area contributed by atoms with Crippen LogP contribution in [0, 0.1) is 20.2 Å². The Morgan fingerprint density at radius 2 is 1.18 bits per heavy atom. The van der Waals surface area contributed by atoms with E-state index in [-0.39, 0.29) is 17.7 Å². The summed E-state index contributed by atoms with van der Waals surface area (Å²) in [6.07, 6.45) is -0.583. The van der Waals surface area contributed by atoms with Crippen molar-refractivity contribution in [3.63, 3.8) is 0 Å². The Morgan fingerprint density at radius 3 is 1.50 bits per heavy atom. The van der Waals surface area contributed by atoms with E-state index in [0.717, 1.165) is 0 Å². The number of rotatable bonds is 3. The summed E-state index contributed by atoms with van der Waals surface area (Å²) in [4.78, 5) is 42.5. The van der Waals surface area contributed by atoms with Crippen LogP contribution in [0.1, 0.15) is 12.8 Å². The summed E-state index contributed by atoms with van der Waals surface area (Å²) in [5, 5.41) is 50.8. The van der Waals surface area contributed by atoms with E-state index in [1.54, 1.807) is 0 Å². The molecule has 2 amide bonds. The van der Waals surface area contributed by atoms with Gasteiger partial charge in [0, 0.05) is 12.8 Å². The molecule has 1 aromatic carbocycles. The predicted octanol–water partition coefficient (Wildman–Crippen LogP) is 0.273. The van der Waals surface area contributed by atoms with Crippen molar-refractivity contribution in [3.05, 3.63) is 20.2 Å². The second-order valence-corrected chi connectivity index (χ2v) is 4.23. The fourth-order valence-corrected chi connectivity index (χ4v) is 2.06. The van der Waals surface area contributed by atoms with Crippen LogP contribution in [0.2, 0.25) is 0 Å². The minimum Gasteiger partial charge on any atom is -0.500 e. The number of imide groups is 1. The second kappa shape index (κ2) is 4.83. The Balaban J connectivity index is 2.90. The van der Waals surface area contributed by atoms with Crippen LogP contribution in [-0.4, -0.2) is 37.0 Å². The van der Waals surface area contributed by atoms with Crippen molar-refractivity contribution >= 4 is 28.9 Å². The third-order valence-corrected chi connectivity index (χ3v) is 2.99. The molecule has 1 aromatic rings. The molecule has 0 spiro atoms. The number of phenolic OH excluding ortho intramolecular Hbond substituents is 3. The van der Waals surface area contributed by atoms with Gasteiger partial charge in [0.2, 0.25) is 23.3 Å². The summed E-state index contributed by atoms with van der Waals surface area (Å²) in [5.74, 6) is -6.26. The van der Waals surface area contributed by atoms with Crippen molar-refractivity contribution in [1.29, 1.82) is 0 Å². The summed E-state index contributed by atoms with van der Waals surface area (Å²) in [6, 6.07) is 0. The van der Waals surface area contributed by atoms with Gasteiger partial charge in [0.1, 0.15) is 0 Å². The molecular formula is C10H7N3O9. The summed E-state index contributed by atoms with van der Waals surface area (Å²) < 4.78 is 0. The number of carbonyl (C=O) groups excluding carboxylic acids is 2. The normalized spacial score (nSPS) is 14.5. The van der Waals surface area contributed by atoms with Crippen molar-refractivity contribution in [2.45, 2.75) is 12.8 Å². The van der Waals surface area contributed by atoms with E-state index >= 15 is 0 Å². The summed E-state index contributed by atoms with van der Waals surface area (Å²) in [5.41, 5.74) is -4.08. The van der Waals surface area contributed by atoms with Crippen molar-refractivity contribution in [1.82, 2.24) is 0 Å². The van der Waals surface area contributed by atoms with Crippen LogP contribution in [0.5, 0.6) is 17.2 Å². The Hall–Kier alpha value is -3.44. The van der Waals surface area contributed by atoms with Crippen LogP contribution >= 0.6 is 0 Å². The van der Waals surface area contributed by atoms with Crippen LogP contribution in [0.15, 0.2) is 0 Å². The smallest absolute Gasteiger partial charge is 0.361 e. The lowest BCUT2D eigenvalue weighted by Crippen LogP contribution is -2.29. The molecule has 1 fully saturated rings.